The molecule has 0 aliphatic rings. The Morgan fingerprint density at radius 3 is 2.56 bits per heavy atom. The Bertz CT molecular complexity index is 577. The van der Waals surface area contributed by atoms with E-state index in [-0.39, 0.29) is 17.2 Å². The van der Waals surface area contributed by atoms with Gasteiger partial charge in [-0.25, -0.2) is 4.98 Å². The molecule has 1 aromatic heterocycles. The fraction of sp³-hybridized carbons (Fsp3) is 0.143. The topological polar surface area (TPSA) is 62.2 Å². The molecule has 0 unspecified atom stereocenters. The molecule has 2 rings (SSSR count). The van der Waals surface area contributed by atoms with Gasteiger partial charge in [-0.3, -0.25) is 4.79 Å². The quantitative estimate of drug-likeness (QED) is 0.851. The lowest BCUT2D eigenvalue weighted by Crippen LogP contribution is -2.13. The Balaban J connectivity index is 2.21. The van der Waals surface area contributed by atoms with Gasteiger partial charge in [0.1, 0.15) is 11.6 Å². The third-order valence-corrected chi connectivity index (χ3v) is 2.55. The van der Waals surface area contributed by atoms with Gasteiger partial charge in [-0.1, -0.05) is 17.7 Å². The summed E-state index contributed by atoms with van der Waals surface area (Å²) in [6, 6.07) is 8.47. The Morgan fingerprint density at radius 2 is 1.89 bits per heavy atom. The minimum Gasteiger partial charge on any atom is -0.507 e. The van der Waals surface area contributed by atoms with Gasteiger partial charge in [0.2, 0.25) is 0 Å². The summed E-state index contributed by atoms with van der Waals surface area (Å²) in [5.74, 6) is 0.0595. The fourth-order valence-electron chi connectivity index (χ4n) is 1.56. The van der Waals surface area contributed by atoms with Crippen molar-refractivity contribution in [3.8, 4) is 5.75 Å². The van der Waals surface area contributed by atoms with Crippen molar-refractivity contribution < 1.29 is 9.90 Å². The van der Waals surface area contributed by atoms with Crippen LogP contribution in [0.1, 0.15) is 21.5 Å². The summed E-state index contributed by atoms with van der Waals surface area (Å²) in [5, 5.41) is 12.3. The predicted octanol–water partition coefficient (Wildman–Crippen LogP) is 2.66. The number of hydrogen-bond donors (Lipinski definition) is 2. The van der Waals surface area contributed by atoms with Crippen LogP contribution in [0.25, 0.3) is 0 Å². The molecule has 0 aliphatic carbocycles. The third-order valence-electron chi connectivity index (χ3n) is 2.55. The molecule has 2 N–H and O–H groups in total. The highest BCUT2D eigenvalue weighted by Gasteiger charge is 2.11. The van der Waals surface area contributed by atoms with Crippen LogP contribution in [0, 0.1) is 13.8 Å². The van der Waals surface area contributed by atoms with Crippen molar-refractivity contribution >= 4 is 11.7 Å². The number of benzene rings is 1. The molecule has 1 heterocycles. The number of phenolic OH excluding ortho intramolecular Hbond substituents is 1. The SMILES string of the molecule is Cc1ccc(NC(=O)c2cc(C)ccc2O)nc1. The number of amides is 1. The molecule has 1 amide bonds. The van der Waals surface area contributed by atoms with Crippen LogP contribution in [-0.2, 0) is 0 Å². The van der Waals surface area contributed by atoms with Gasteiger partial charge in [0.25, 0.3) is 5.91 Å². The molecular formula is C14H14N2O2. The highest BCUT2D eigenvalue weighted by Crippen LogP contribution is 2.19. The Morgan fingerprint density at radius 1 is 1.17 bits per heavy atom. The van der Waals surface area contributed by atoms with Crippen LogP contribution in [0.15, 0.2) is 36.5 Å². The van der Waals surface area contributed by atoms with Gasteiger partial charge in [0.05, 0.1) is 5.56 Å². The molecule has 0 fully saturated rings. The second-order valence-electron chi connectivity index (χ2n) is 4.20. The van der Waals surface area contributed by atoms with Gasteiger partial charge in [-0.15, -0.1) is 0 Å². The smallest absolute Gasteiger partial charge is 0.260 e. The summed E-state index contributed by atoms with van der Waals surface area (Å²) < 4.78 is 0. The maximum atomic E-state index is 12.0. The molecule has 0 radical (unpaired) electrons. The van der Waals surface area contributed by atoms with Crippen molar-refractivity contribution in [2.45, 2.75) is 13.8 Å². The third kappa shape index (κ3) is 2.66. The lowest BCUT2D eigenvalue weighted by Gasteiger charge is -2.07. The Hall–Kier alpha value is -2.36. The van der Waals surface area contributed by atoms with Crippen LogP contribution in [0.3, 0.4) is 0 Å². The minimum atomic E-state index is -0.368. The standard InChI is InChI=1S/C14H14N2O2/c1-9-3-5-12(17)11(7-9)14(18)16-13-6-4-10(2)8-15-13/h3-8,17H,1-2H3,(H,15,16,18). The summed E-state index contributed by atoms with van der Waals surface area (Å²) >= 11 is 0. The molecule has 0 aliphatic heterocycles. The molecule has 0 spiro atoms. The maximum Gasteiger partial charge on any atom is 0.260 e. The molecule has 0 saturated carbocycles. The van der Waals surface area contributed by atoms with Crippen LogP contribution in [0.5, 0.6) is 5.75 Å². The van der Waals surface area contributed by atoms with Crippen LogP contribution < -0.4 is 5.32 Å². The van der Waals surface area contributed by atoms with Crippen LogP contribution in [0.4, 0.5) is 5.82 Å². The second-order valence-corrected chi connectivity index (χ2v) is 4.20. The average molecular weight is 242 g/mol. The van der Waals surface area contributed by atoms with Crippen molar-refractivity contribution in [1.82, 2.24) is 4.98 Å². The lowest BCUT2D eigenvalue weighted by molar-refractivity contribution is 0.102. The first kappa shape index (κ1) is 12.1. The van der Waals surface area contributed by atoms with E-state index in [1.54, 1.807) is 24.4 Å². The number of aromatic hydroxyl groups is 1. The van der Waals surface area contributed by atoms with Gasteiger partial charge in [0.15, 0.2) is 0 Å². The second kappa shape index (κ2) is 4.87. The predicted molar refractivity (Wildman–Crippen MR) is 69.8 cm³/mol. The summed E-state index contributed by atoms with van der Waals surface area (Å²) in [7, 11) is 0. The molecule has 4 heteroatoms. The molecule has 4 nitrogen and oxygen atoms in total. The zero-order valence-electron chi connectivity index (χ0n) is 10.3. The van der Waals surface area contributed by atoms with Crippen molar-refractivity contribution in [3.63, 3.8) is 0 Å². The van der Waals surface area contributed by atoms with E-state index >= 15 is 0 Å². The number of nitrogens with zero attached hydrogens (tertiary/aromatic N) is 1. The summed E-state index contributed by atoms with van der Waals surface area (Å²) in [6.07, 6.45) is 1.67. The Labute approximate surface area is 105 Å². The molecule has 18 heavy (non-hydrogen) atoms. The van der Waals surface area contributed by atoms with Crippen molar-refractivity contribution in [2.24, 2.45) is 0 Å². The molecular weight excluding hydrogens is 228 g/mol. The van der Waals surface area contributed by atoms with Gasteiger partial charge in [-0.2, -0.15) is 0 Å². The number of pyridine rings is 1. The van der Waals surface area contributed by atoms with E-state index in [1.807, 2.05) is 19.9 Å². The molecule has 92 valence electrons. The van der Waals surface area contributed by atoms with Crippen LogP contribution in [-0.4, -0.2) is 16.0 Å². The van der Waals surface area contributed by atoms with E-state index in [4.69, 9.17) is 0 Å². The van der Waals surface area contributed by atoms with Gasteiger partial charge < -0.3 is 10.4 Å². The van der Waals surface area contributed by atoms with E-state index in [2.05, 4.69) is 10.3 Å². The lowest BCUT2D eigenvalue weighted by atomic mass is 10.1. The number of hydrogen-bond acceptors (Lipinski definition) is 3. The minimum absolute atomic E-state index is 0.0368. The highest BCUT2D eigenvalue weighted by molar-refractivity contribution is 6.05. The molecule has 0 bridgehead atoms. The summed E-state index contributed by atoms with van der Waals surface area (Å²) in [5.41, 5.74) is 2.18. The normalized spacial score (nSPS) is 10.1. The van der Waals surface area contributed by atoms with E-state index in [0.29, 0.717) is 5.82 Å². The fourth-order valence-corrected chi connectivity index (χ4v) is 1.56. The van der Waals surface area contributed by atoms with E-state index in [0.717, 1.165) is 11.1 Å². The van der Waals surface area contributed by atoms with Gasteiger partial charge in [-0.05, 0) is 37.6 Å². The number of aromatic nitrogens is 1. The van der Waals surface area contributed by atoms with Crippen LogP contribution >= 0.6 is 0 Å². The van der Waals surface area contributed by atoms with Gasteiger partial charge >= 0.3 is 0 Å². The number of aryl methyl sites for hydroxylation is 2. The van der Waals surface area contributed by atoms with Crippen molar-refractivity contribution in [2.75, 3.05) is 5.32 Å². The highest BCUT2D eigenvalue weighted by atomic mass is 16.3. The first-order chi connectivity index (χ1) is 8.56. The number of rotatable bonds is 2. The molecule has 0 saturated heterocycles. The number of anilines is 1. The monoisotopic (exact) mass is 242 g/mol. The number of carbonyl (C=O) groups excluding carboxylic acids is 1. The maximum absolute atomic E-state index is 12.0. The van der Waals surface area contributed by atoms with Crippen LogP contribution in [0.2, 0.25) is 0 Å². The molecule has 0 atom stereocenters. The number of nitrogens with one attached hydrogen (secondary N) is 1. The zero-order chi connectivity index (χ0) is 13.1. The van der Waals surface area contributed by atoms with E-state index < -0.39 is 0 Å². The van der Waals surface area contributed by atoms with Gasteiger partial charge in [0, 0.05) is 6.20 Å². The van der Waals surface area contributed by atoms with E-state index in [1.165, 1.54) is 6.07 Å². The van der Waals surface area contributed by atoms with Crippen molar-refractivity contribution in [3.05, 3.63) is 53.2 Å². The molecule has 2 aromatic rings. The van der Waals surface area contributed by atoms with E-state index in [9.17, 15) is 9.90 Å². The largest absolute Gasteiger partial charge is 0.507 e. The first-order valence-electron chi connectivity index (χ1n) is 5.60. The number of phenols is 1. The number of carbonyl (C=O) groups is 1. The summed E-state index contributed by atoms with van der Waals surface area (Å²) in [4.78, 5) is 16.0. The Kier molecular flexibility index (Phi) is 3.28. The average Bonchev–Trinajstić information content (AvgIpc) is 2.35. The first-order valence-corrected chi connectivity index (χ1v) is 5.60. The van der Waals surface area contributed by atoms with Crippen molar-refractivity contribution in [1.29, 1.82) is 0 Å². The molecule has 1 aromatic carbocycles. The zero-order valence-corrected chi connectivity index (χ0v) is 10.3. The summed E-state index contributed by atoms with van der Waals surface area (Å²) in [6.45, 7) is 3.78.